The van der Waals surface area contributed by atoms with Gasteiger partial charge in [-0.2, -0.15) is 5.10 Å². The quantitative estimate of drug-likeness (QED) is 0.666. The lowest BCUT2D eigenvalue weighted by Gasteiger charge is -2.04. The molecule has 6 heteroatoms. The molecule has 0 aliphatic carbocycles. The van der Waals surface area contributed by atoms with Crippen LogP contribution >= 0.6 is 0 Å². The summed E-state index contributed by atoms with van der Waals surface area (Å²) in [5.74, 6) is -0.352. The van der Waals surface area contributed by atoms with Crippen LogP contribution in [-0.2, 0) is 4.79 Å². The molecule has 2 aromatic rings. The molecule has 1 aromatic carbocycles. The number of nitrogens with zero attached hydrogens (tertiary/aromatic N) is 2. The number of nitrogens with one attached hydrogen (secondary N) is 1. The molecule has 1 N–H and O–H groups in total. The molecule has 0 saturated heterocycles. The van der Waals surface area contributed by atoms with Gasteiger partial charge in [0.25, 0.3) is 5.91 Å². The van der Waals surface area contributed by atoms with Gasteiger partial charge in [0.2, 0.25) is 0 Å². The van der Waals surface area contributed by atoms with Gasteiger partial charge in [0, 0.05) is 18.0 Å². The van der Waals surface area contributed by atoms with Crippen LogP contribution in [0.4, 0.5) is 4.39 Å². The fraction of sp³-hybridized carbons (Fsp3) is 0.0714. The summed E-state index contributed by atoms with van der Waals surface area (Å²) in [5, 5.41) is 3.76. The molecule has 1 heterocycles. The summed E-state index contributed by atoms with van der Waals surface area (Å²) in [7, 11) is 0. The standard InChI is InChI=1S/C14H12FN3O2/c15-12-3-5-13(6-4-12)20-10-14(19)18-17-9-11-2-1-7-16-8-11/h1-9H,10H2,(H,18,19)/b17-9+. The Kier molecular flexibility index (Phi) is 4.77. The number of pyridine rings is 1. The molecule has 0 saturated carbocycles. The number of ether oxygens (including phenoxy) is 1. The van der Waals surface area contributed by atoms with Crippen LogP contribution < -0.4 is 10.2 Å². The first kappa shape index (κ1) is 13.7. The van der Waals surface area contributed by atoms with Gasteiger partial charge in [-0.15, -0.1) is 0 Å². The monoisotopic (exact) mass is 273 g/mol. The van der Waals surface area contributed by atoms with Gasteiger partial charge >= 0.3 is 0 Å². The van der Waals surface area contributed by atoms with E-state index in [2.05, 4.69) is 15.5 Å². The van der Waals surface area contributed by atoms with Gasteiger partial charge in [0.15, 0.2) is 6.61 Å². The number of halogens is 1. The van der Waals surface area contributed by atoms with Gasteiger partial charge in [-0.25, -0.2) is 9.82 Å². The maximum atomic E-state index is 12.7. The Morgan fingerprint density at radius 3 is 2.85 bits per heavy atom. The van der Waals surface area contributed by atoms with E-state index >= 15 is 0 Å². The second-order valence-electron chi connectivity index (χ2n) is 3.82. The molecule has 0 spiro atoms. The summed E-state index contributed by atoms with van der Waals surface area (Å²) in [4.78, 5) is 15.3. The van der Waals surface area contributed by atoms with E-state index in [0.717, 1.165) is 5.56 Å². The lowest BCUT2D eigenvalue weighted by Crippen LogP contribution is -2.24. The maximum Gasteiger partial charge on any atom is 0.277 e. The van der Waals surface area contributed by atoms with Crippen molar-refractivity contribution in [3.8, 4) is 5.75 Å². The third kappa shape index (κ3) is 4.49. The van der Waals surface area contributed by atoms with Crippen LogP contribution in [0, 0.1) is 5.82 Å². The van der Waals surface area contributed by atoms with Gasteiger partial charge in [0.1, 0.15) is 11.6 Å². The molecule has 0 aliphatic heterocycles. The Bertz CT molecular complexity index is 585. The highest BCUT2D eigenvalue weighted by Gasteiger charge is 2.01. The van der Waals surface area contributed by atoms with Crippen molar-refractivity contribution < 1.29 is 13.9 Å². The number of amides is 1. The van der Waals surface area contributed by atoms with Crippen molar-refractivity contribution in [3.05, 3.63) is 60.2 Å². The SMILES string of the molecule is O=C(COc1ccc(F)cc1)N/N=C/c1cccnc1. The average Bonchev–Trinajstić information content (AvgIpc) is 2.48. The highest BCUT2D eigenvalue weighted by atomic mass is 19.1. The summed E-state index contributed by atoms with van der Waals surface area (Å²) in [6, 6.07) is 8.98. The fourth-order valence-electron chi connectivity index (χ4n) is 1.34. The molecule has 0 atom stereocenters. The Hall–Kier alpha value is -2.76. The molecule has 5 nitrogen and oxygen atoms in total. The highest BCUT2D eigenvalue weighted by molar-refractivity contribution is 5.82. The van der Waals surface area contributed by atoms with Crippen LogP contribution in [0.5, 0.6) is 5.75 Å². The summed E-state index contributed by atoms with van der Waals surface area (Å²) in [5.41, 5.74) is 3.09. The molecule has 0 fully saturated rings. The molecule has 20 heavy (non-hydrogen) atoms. The van der Waals surface area contributed by atoms with Crippen LogP contribution in [0.3, 0.4) is 0 Å². The molecule has 2 rings (SSSR count). The van der Waals surface area contributed by atoms with E-state index in [1.807, 2.05) is 0 Å². The van der Waals surface area contributed by atoms with Gasteiger partial charge < -0.3 is 4.74 Å². The zero-order valence-corrected chi connectivity index (χ0v) is 10.5. The molecule has 1 aromatic heterocycles. The molecule has 1 amide bonds. The maximum absolute atomic E-state index is 12.7. The van der Waals surface area contributed by atoms with Crippen molar-refractivity contribution >= 4 is 12.1 Å². The van der Waals surface area contributed by atoms with Crippen molar-refractivity contribution in [1.29, 1.82) is 0 Å². The average molecular weight is 273 g/mol. The predicted octanol–water partition coefficient (Wildman–Crippen LogP) is 1.75. The molecular formula is C14H12FN3O2. The van der Waals surface area contributed by atoms with E-state index in [9.17, 15) is 9.18 Å². The topological polar surface area (TPSA) is 63.6 Å². The van der Waals surface area contributed by atoms with Crippen LogP contribution in [0.2, 0.25) is 0 Å². The van der Waals surface area contributed by atoms with Gasteiger partial charge in [-0.05, 0) is 30.3 Å². The van der Waals surface area contributed by atoms with Crippen LogP contribution in [0.15, 0.2) is 53.9 Å². The van der Waals surface area contributed by atoms with Crippen molar-refractivity contribution in [2.75, 3.05) is 6.61 Å². The molecule has 0 bridgehead atoms. The van der Waals surface area contributed by atoms with Gasteiger partial charge in [-0.3, -0.25) is 9.78 Å². The summed E-state index contributed by atoms with van der Waals surface area (Å²) >= 11 is 0. The number of hydrogen-bond donors (Lipinski definition) is 1. The lowest BCUT2D eigenvalue weighted by atomic mass is 10.3. The van der Waals surface area contributed by atoms with Crippen molar-refractivity contribution in [1.82, 2.24) is 10.4 Å². The third-order valence-electron chi connectivity index (χ3n) is 2.27. The number of aromatic nitrogens is 1. The first-order valence-electron chi connectivity index (χ1n) is 5.84. The second-order valence-corrected chi connectivity index (χ2v) is 3.82. The largest absolute Gasteiger partial charge is 0.484 e. The van der Waals surface area contributed by atoms with E-state index in [4.69, 9.17) is 4.74 Å². The Labute approximate surface area is 115 Å². The molecule has 0 radical (unpaired) electrons. The van der Waals surface area contributed by atoms with Crippen molar-refractivity contribution in [2.45, 2.75) is 0 Å². The minimum atomic E-state index is -0.408. The lowest BCUT2D eigenvalue weighted by molar-refractivity contribution is -0.123. The fourth-order valence-corrected chi connectivity index (χ4v) is 1.34. The summed E-state index contributed by atoms with van der Waals surface area (Å²) < 4.78 is 17.8. The Morgan fingerprint density at radius 2 is 2.15 bits per heavy atom. The number of carbonyl (C=O) groups excluding carboxylic acids is 1. The van der Waals surface area contributed by atoms with E-state index in [1.165, 1.54) is 30.5 Å². The van der Waals surface area contributed by atoms with Crippen molar-refractivity contribution in [3.63, 3.8) is 0 Å². The van der Waals surface area contributed by atoms with Gasteiger partial charge in [0.05, 0.1) is 6.21 Å². The number of hydrogen-bond acceptors (Lipinski definition) is 4. The molecule has 0 aliphatic rings. The van der Waals surface area contributed by atoms with Crippen LogP contribution in [0.1, 0.15) is 5.56 Å². The normalized spacial score (nSPS) is 10.4. The molecule has 102 valence electrons. The molecular weight excluding hydrogens is 261 g/mol. The highest BCUT2D eigenvalue weighted by Crippen LogP contribution is 2.10. The number of benzene rings is 1. The summed E-state index contributed by atoms with van der Waals surface area (Å²) in [6.07, 6.45) is 4.74. The minimum absolute atomic E-state index is 0.198. The second kappa shape index (κ2) is 6.98. The van der Waals surface area contributed by atoms with Crippen LogP contribution in [0.25, 0.3) is 0 Å². The third-order valence-corrected chi connectivity index (χ3v) is 2.27. The zero-order valence-electron chi connectivity index (χ0n) is 10.5. The zero-order chi connectivity index (χ0) is 14.2. The first-order chi connectivity index (χ1) is 9.74. The number of rotatable bonds is 5. The smallest absolute Gasteiger partial charge is 0.277 e. The van der Waals surface area contributed by atoms with E-state index < -0.39 is 5.91 Å². The Balaban J connectivity index is 1.76. The van der Waals surface area contributed by atoms with Crippen LogP contribution in [-0.4, -0.2) is 23.7 Å². The molecule has 0 unspecified atom stereocenters. The number of hydrazone groups is 1. The summed E-state index contributed by atoms with van der Waals surface area (Å²) in [6.45, 7) is -0.198. The van der Waals surface area contributed by atoms with Crippen molar-refractivity contribution in [2.24, 2.45) is 5.10 Å². The van der Waals surface area contributed by atoms with Gasteiger partial charge in [-0.1, -0.05) is 6.07 Å². The van der Waals surface area contributed by atoms with E-state index in [1.54, 1.807) is 24.5 Å². The predicted molar refractivity (Wildman–Crippen MR) is 71.9 cm³/mol. The van der Waals surface area contributed by atoms with E-state index in [-0.39, 0.29) is 12.4 Å². The van der Waals surface area contributed by atoms with E-state index in [0.29, 0.717) is 5.75 Å². The Morgan fingerprint density at radius 1 is 1.35 bits per heavy atom. The minimum Gasteiger partial charge on any atom is -0.484 e. The first-order valence-corrected chi connectivity index (χ1v) is 5.84. The number of carbonyl (C=O) groups is 1.